The highest BCUT2D eigenvalue weighted by Crippen LogP contribution is 2.47. The lowest BCUT2D eigenvalue weighted by Gasteiger charge is -2.24. The molecule has 8 nitrogen and oxygen atoms in total. The van der Waals surface area contributed by atoms with Crippen LogP contribution in [-0.4, -0.2) is 36.4 Å². The van der Waals surface area contributed by atoms with Crippen LogP contribution in [-0.2, 0) is 20.4 Å². The minimum atomic E-state index is -1.75. The summed E-state index contributed by atoms with van der Waals surface area (Å²) in [5, 5.41) is 0. The standard InChI is InChI=1S/C16H18N3O5P.CH2F2.CH3F/c17-14-7-8-19(16(20)18-14)15-6-5-12(23-15)10-22-25-21-9-11-3-1-2-4-13(11)24-25;2-1-3;1-2/h1-4,7-8,12,15H,5-6,9-10H2,(H2,17,18,20);1H2;1H3. The van der Waals surface area contributed by atoms with Crippen molar-refractivity contribution < 1.29 is 31.5 Å². The topological polar surface area (TPSA) is 97.8 Å². The van der Waals surface area contributed by atoms with E-state index < -0.39 is 21.2 Å². The van der Waals surface area contributed by atoms with E-state index in [2.05, 4.69) is 4.98 Å². The van der Waals surface area contributed by atoms with E-state index in [4.69, 9.17) is 24.0 Å². The number of ether oxygens (including phenoxy) is 1. The van der Waals surface area contributed by atoms with Crippen LogP contribution in [0.15, 0.2) is 41.3 Å². The lowest BCUT2D eigenvalue weighted by molar-refractivity contribution is -0.0228. The lowest BCUT2D eigenvalue weighted by atomic mass is 10.2. The van der Waals surface area contributed by atoms with Crippen LogP contribution < -0.4 is 15.9 Å². The van der Waals surface area contributed by atoms with E-state index in [0.29, 0.717) is 26.8 Å². The second-order valence-electron chi connectivity index (χ2n) is 5.93. The summed E-state index contributed by atoms with van der Waals surface area (Å²) in [5.74, 6) is 0.999. The number of fused-ring (bicyclic) bond motifs is 1. The molecule has 1 saturated heterocycles. The molecule has 3 unspecified atom stereocenters. The van der Waals surface area contributed by atoms with Crippen LogP contribution in [0, 0.1) is 0 Å². The van der Waals surface area contributed by atoms with Gasteiger partial charge in [0.1, 0.15) is 17.8 Å². The Morgan fingerprint density at radius 2 is 2.00 bits per heavy atom. The zero-order valence-corrected chi connectivity index (χ0v) is 17.1. The monoisotopic (exact) mass is 449 g/mol. The van der Waals surface area contributed by atoms with Crippen molar-refractivity contribution in [3.05, 3.63) is 52.6 Å². The Morgan fingerprint density at radius 1 is 1.27 bits per heavy atom. The largest absolute Gasteiger partial charge is 0.426 e. The molecule has 30 heavy (non-hydrogen) atoms. The van der Waals surface area contributed by atoms with Crippen molar-refractivity contribution in [1.29, 1.82) is 0 Å². The molecule has 0 aliphatic carbocycles. The van der Waals surface area contributed by atoms with Gasteiger partial charge in [0.2, 0.25) is 6.93 Å². The number of anilines is 1. The molecule has 1 fully saturated rings. The molecular weight excluding hydrogens is 426 g/mol. The normalized spacial score (nSPS) is 21.9. The van der Waals surface area contributed by atoms with Gasteiger partial charge in [0, 0.05) is 11.8 Å². The third-order valence-corrected chi connectivity index (χ3v) is 5.13. The molecule has 1 aromatic heterocycles. The van der Waals surface area contributed by atoms with Crippen molar-refractivity contribution in [3.63, 3.8) is 0 Å². The fourth-order valence-corrected chi connectivity index (χ4v) is 3.86. The van der Waals surface area contributed by atoms with E-state index in [1.807, 2.05) is 24.3 Å². The average molecular weight is 449 g/mol. The molecule has 0 amide bonds. The minimum Gasteiger partial charge on any atom is -0.426 e. The molecule has 2 aromatic rings. The molecule has 4 rings (SSSR count). The van der Waals surface area contributed by atoms with Gasteiger partial charge in [-0.2, -0.15) is 4.98 Å². The summed E-state index contributed by atoms with van der Waals surface area (Å²) in [5.41, 5.74) is 6.11. The Labute approximate surface area is 172 Å². The molecule has 3 heterocycles. The van der Waals surface area contributed by atoms with Gasteiger partial charge in [-0.3, -0.25) is 18.0 Å². The molecular formula is C18H23F3N3O5P. The van der Waals surface area contributed by atoms with Crippen molar-refractivity contribution in [1.82, 2.24) is 9.55 Å². The maximum Gasteiger partial charge on any atom is 0.397 e. The molecule has 2 aliphatic heterocycles. The van der Waals surface area contributed by atoms with E-state index in [1.54, 1.807) is 12.3 Å². The van der Waals surface area contributed by atoms with Crippen molar-refractivity contribution in [2.75, 3.05) is 26.4 Å². The predicted molar refractivity (Wildman–Crippen MR) is 105 cm³/mol. The average Bonchev–Trinajstić information content (AvgIpc) is 3.23. The van der Waals surface area contributed by atoms with Crippen LogP contribution in [0.2, 0.25) is 0 Å². The Hall–Kier alpha value is -2.20. The highest BCUT2D eigenvalue weighted by Gasteiger charge is 2.30. The molecule has 166 valence electrons. The molecule has 2 aliphatic rings. The number of nitrogens with two attached hydrogens (primary N) is 1. The van der Waals surface area contributed by atoms with Crippen molar-refractivity contribution in [2.45, 2.75) is 31.8 Å². The molecule has 0 spiro atoms. The second kappa shape index (κ2) is 12.5. The molecule has 0 radical (unpaired) electrons. The van der Waals surface area contributed by atoms with Gasteiger partial charge < -0.3 is 15.0 Å². The van der Waals surface area contributed by atoms with Crippen LogP contribution in [0.5, 0.6) is 5.75 Å². The van der Waals surface area contributed by atoms with Crippen LogP contribution in [0.3, 0.4) is 0 Å². The zero-order valence-electron chi connectivity index (χ0n) is 16.2. The van der Waals surface area contributed by atoms with Crippen molar-refractivity contribution in [3.8, 4) is 5.75 Å². The van der Waals surface area contributed by atoms with Crippen LogP contribution in [0.4, 0.5) is 19.0 Å². The van der Waals surface area contributed by atoms with E-state index >= 15 is 0 Å². The van der Waals surface area contributed by atoms with Crippen LogP contribution >= 0.6 is 8.60 Å². The quantitative estimate of drug-likeness (QED) is 0.709. The summed E-state index contributed by atoms with van der Waals surface area (Å²) >= 11 is 0. The first-order chi connectivity index (χ1) is 14.6. The second-order valence-corrected chi connectivity index (χ2v) is 7.07. The highest BCUT2D eigenvalue weighted by molar-refractivity contribution is 7.42. The summed E-state index contributed by atoms with van der Waals surface area (Å²) in [6.45, 7) is -0.927. The first-order valence-corrected chi connectivity index (χ1v) is 10.0. The van der Waals surface area contributed by atoms with E-state index in [0.717, 1.165) is 17.7 Å². The van der Waals surface area contributed by atoms with Gasteiger partial charge in [0.25, 0.3) is 0 Å². The summed E-state index contributed by atoms with van der Waals surface area (Å²) in [7, 11) is -0.931. The Kier molecular flexibility index (Phi) is 10.0. The number of alkyl halides is 3. The Bertz CT molecular complexity index is 845. The fourth-order valence-electron chi connectivity index (χ4n) is 2.81. The molecule has 0 bridgehead atoms. The third-order valence-electron chi connectivity index (χ3n) is 4.08. The van der Waals surface area contributed by atoms with Gasteiger partial charge >= 0.3 is 14.3 Å². The highest BCUT2D eigenvalue weighted by atomic mass is 31.2. The van der Waals surface area contributed by atoms with Crippen molar-refractivity contribution in [2.24, 2.45) is 0 Å². The third kappa shape index (κ3) is 6.66. The minimum absolute atomic E-state index is 0.124. The summed E-state index contributed by atoms with van der Waals surface area (Å²) in [6, 6.07) is 9.31. The fraction of sp³-hybridized carbons (Fsp3) is 0.444. The maximum absolute atomic E-state index is 11.9. The SMILES string of the molecule is CF.FCF.Nc1ccn(C2CCC(COP3OCc4ccccc4O3)O2)c(=O)n1. The molecule has 12 heteroatoms. The summed E-state index contributed by atoms with van der Waals surface area (Å²) < 4.78 is 53.1. The summed E-state index contributed by atoms with van der Waals surface area (Å²) in [4.78, 5) is 15.6. The number of hydrogen-bond acceptors (Lipinski definition) is 7. The van der Waals surface area contributed by atoms with Crippen LogP contribution in [0.25, 0.3) is 0 Å². The predicted octanol–water partition coefficient (Wildman–Crippen LogP) is 3.82. The van der Waals surface area contributed by atoms with Gasteiger partial charge in [0.15, 0.2) is 0 Å². The number of hydrogen-bond donors (Lipinski definition) is 1. The van der Waals surface area contributed by atoms with Gasteiger partial charge in [0.05, 0.1) is 26.5 Å². The molecule has 2 N–H and O–H groups in total. The number of nitrogens with zero attached hydrogens (tertiary/aromatic N) is 2. The summed E-state index contributed by atoms with van der Waals surface area (Å²) in [6.07, 6.45) is 2.62. The van der Waals surface area contributed by atoms with E-state index in [-0.39, 0.29) is 18.1 Å². The maximum atomic E-state index is 11.9. The number of rotatable bonds is 4. The van der Waals surface area contributed by atoms with E-state index in [1.165, 1.54) is 4.57 Å². The zero-order chi connectivity index (χ0) is 21.9. The Balaban J connectivity index is 0.000000590. The van der Waals surface area contributed by atoms with Gasteiger partial charge in [-0.15, -0.1) is 0 Å². The number of para-hydroxylation sites is 1. The first-order valence-electron chi connectivity index (χ1n) is 8.92. The van der Waals surface area contributed by atoms with Gasteiger partial charge in [-0.05, 0) is 25.0 Å². The van der Waals surface area contributed by atoms with Gasteiger partial charge in [-0.25, -0.2) is 13.6 Å². The number of benzene rings is 1. The van der Waals surface area contributed by atoms with Crippen molar-refractivity contribution >= 4 is 14.4 Å². The smallest absolute Gasteiger partial charge is 0.397 e. The van der Waals surface area contributed by atoms with E-state index in [9.17, 15) is 18.0 Å². The molecule has 1 aromatic carbocycles. The molecule has 0 saturated carbocycles. The Morgan fingerprint density at radius 3 is 2.73 bits per heavy atom. The lowest BCUT2D eigenvalue weighted by Crippen LogP contribution is -2.27. The first kappa shape index (κ1) is 24.1. The van der Waals surface area contributed by atoms with Gasteiger partial charge in [-0.1, -0.05) is 18.2 Å². The number of nitrogen functional groups attached to an aromatic ring is 1. The number of halogens is 3. The number of aromatic nitrogens is 2. The molecule has 3 atom stereocenters. The van der Waals surface area contributed by atoms with Crippen LogP contribution in [0.1, 0.15) is 24.6 Å².